The fourth-order valence-corrected chi connectivity index (χ4v) is 4.23. The van der Waals surface area contributed by atoms with Crippen molar-refractivity contribution in [3.8, 4) is 0 Å². The maximum absolute atomic E-state index is 12.8. The summed E-state index contributed by atoms with van der Waals surface area (Å²) >= 11 is 1.62. The summed E-state index contributed by atoms with van der Waals surface area (Å²) in [5.41, 5.74) is 1.29. The van der Waals surface area contributed by atoms with Crippen molar-refractivity contribution >= 4 is 33.4 Å². The smallest absolute Gasteiger partial charge is 0.354 e. The average Bonchev–Trinajstić information content (AvgIpc) is 3.27. The molecule has 1 saturated heterocycles. The van der Waals surface area contributed by atoms with Crippen LogP contribution in [0, 0.1) is 0 Å². The third-order valence-electron chi connectivity index (χ3n) is 4.34. The standard InChI is InChI=1S/C18H15N3O3S/c22-17(11-7-8-13(18(23)24)19-10-11)21-9-3-5-14(21)16-20-12-4-1-2-6-15(12)25-16/h1-2,4,6-8,10,14H,3,5,9H2,(H,23,24). The highest BCUT2D eigenvalue weighted by atomic mass is 32.1. The summed E-state index contributed by atoms with van der Waals surface area (Å²) in [6.45, 7) is 0.667. The van der Waals surface area contributed by atoms with E-state index in [1.54, 1.807) is 11.3 Å². The first-order chi connectivity index (χ1) is 12.1. The predicted octanol–water partition coefficient (Wildman–Crippen LogP) is 3.37. The van der Waals surface area contributed by atoms with Gasteiger partial charge in [0.25, 0.3) is 5.91 Å². The number of aromatic carboxylic acids is 1. The van der Waals surface area contributed by atoms with E-state index in [4.69, 9.17) is 5.11 Å². The SMILES string of the molecule is O=C(O)c1ccc(C(=O)N2CCCC2c2nc3ccccc3s2)cn1. The minimum absolute atomic E-state index is 0.0379. The second-order valence-corrected chi connectivity index (χ2v) is 6.98. The van der Waals surface area contributed by atoms with Crippen LogP contribution in [0.15, 0.2) is 42.6 Å². The zero-order chi connectivity index (χ0) is 17.4. The Morgan fingerprint density at radius 1 is 1.20 bits per heavy atom. The number of benzene rings is 1. The van der Waals surface area contributed by atoms with E-state index in [0.717, 1.165) is 28.1 Å². The number of fused-ring (bicyclic) bond motifs is 1. The number of para-hydroxylation sites is 1. The molecule has 1 unspecified atom stereocenters. The molecule has 0 spiro atoms. The molecule has 7 heteroatoms. The predicted molar refractivity (Wildman–Crippen MR) is 93.8 cm³/mol. The van der Waals surface area contributed by atoms with E-state index in [-0.39, 0.29) is 17.6 Å². The van der Waals surface area contributed by atoms with Crippen molar-refractivity contribution in [3.63, 3.8) is 0 Å². The minimum Gasteiger partial charge on any atom is -0.477 e. The molecular formula is C18H15N3O3S. The number of carbonyl (C=O) groups excluding carboxylic acids is 1. The van der Waals surface area contributed by atoms with Gasteiger partial charge in [0.2, 0.25) is 0 Å². The van der Waals surface area contributed by atoms with Crippen molar-refractivity contribution in [2.45, 2.75) is 18.9 Å². The molecule has 0 saturated carbocycles. The van der Waals surface area contributed by atoms with E-state index in [2.05, 4.69) is 9.97 Å². The molecule has 0 radical (unpaired) electrons. The molecular weight excluding hydrogens is 338 g/mol. The lowest BCUT2D eigenvalue weighted by molar-refractivity contribution is 0.0685. The first kappa shape index (κ1) is 15.7. The van der Waals surface area contributed by atoms with Crippen molar-refractivity contribution in [2.75, 3.05) is 6.54 Å². The van der Waals surface area contributed by atoms with Gasteiger partial charge in [-0.15, -0.1) is 11.3 Å². The Labute approximate surface area is 147 Å². The number of aromatic nitrogens is 2. The fourth-order valence-electron chi connectivity index (χ4n) is 3.11. The molecule has 1 aliphatic heterocycles. The molecule has 126 valence electrons. The number of hydrogen-bond donors (Lipinski definition) is 1. The monoisotopic (exact) mass is 353 g/mol. The molecule has 1 aliphatic rings. The highest BCUT2D eigenvalue weighted by molar-refractivity contribution is 7.18. The number of amides is 1. The molecule has 3 aromatic rings. The summed E-state index contributed by atoms with van der Waals surface area (Å²) in [6.07, 6.45) is 3.14. The normalized spacial score (nSPS) is 17.1. The van der Waals surface area contributed by atoms with Crippen LogP contribution >= 0.6 is 11.3 Å². The summed E-state index contributed by atoms with van der Waals surface area (Å²) in [5.74, 6) is -1.24. The Kier molecular flexibility index (Phi) is 3.93. The van der Waals surface area contributed by atoms with Gasteiger partial charge < -0.3 is 10.0 Å². The van der Waals surface area contributed by atoms with E-state index in [1.165, 1.54) is 18.3 Å². The Morgan fingerprint density at radius 3 is 2.76 bits per heavy atom. The van der Waals surface area contributed by atoms with Crippen LogP contribution in [0.1, 0.15) is 44.7 Å². The lowest BCUT2D eigenvalue weighted by Gasteiger charge is -2.23. The van der Waals surface area contributed by atoms with Gasteiger partial charge in [0, 0.05) is 12.7 Å². The molecule has 1 atom stereocenters. The van der Waals surface area contributed by atoms with Crippen molar-refractivity contribution < 1.29 is 14.7 Å². The molecule has 1 aromatic carbocycles. The summed E-state index contributed by atoms with van der Waals surface area (Å²) in [7, 11) is 0. The highest BCUT2D eigenvalue weighted by Gasteiger charge is 2.33. The second-order valence-electron chi connectivity index (χ2n) is 5.91. The number of rotatable bonds is 3. The second kappa shape index (κ2) is 6.25. The van der Waals surface area contributed by atoms with Gasteiger partial charge >= 0.3 is 5.97 Å². The van der Waals surface area contributed by atoms with Gasteiger partial charge in [0.15, 0.2) is 0 Å². The van der Waals surface area contributed by atoms with Gasteiger partial charge in [-0.3, -0.25) is 4.79 Å². The largest absolute Gasteiger partial charge is 0.477 e. The van der Waals surface area contributed by atoms with Crippen LogP contribution < -0.4 is 0 Å². The van der Waals surface area contributed by atoms with Crippen molar-refractivity contribution in [3.05, 3.63) is 58.9 Å². The van der Waals surface area contributed by atoms with E-state index >= 15 is 0 Å². The van der Waals surface area contributed by atoms with Gasteiger partial charge in [-0.1, -0.05) is 12.1 Å². The average molecular weight is 353 g/mol. The van der Waals surface area contributed by atoms with Crippen LogP contribution in [0.5, 0.6) is 0 Å². The summed E-state index contributed by atoms with van der Waals surface area (Å²) in [6, 6.07) is 10.8. The van der Waals surface area contributed by atoms with Crippen molar-refractivity contribution in [2.24, 2.45) is 0 Å². The molecule has 0 bridgehead atoms. The lowest BCUT2D eigenvalue weighted by Crippen LogP contribution is -2.30. The summed E-state index contributed by atoms with van der Waals surface area (Å²) < 4.78 is 1.12. The van der Waals surface area contributed by atoms with E-state index in [0.29, 0.717) is 12.1 Å². The molecule has 3 heterocycles. The number of likely N-dealkylation sites (tertiary alicyclic amines) is 1. The topological polar surface area (TPSA) is 83.4 Å². The number of carbonyl (C=O) groups is 2. The van der Waals surface area contributed by atoms with Crippen LogP contribution in [0.2, 0.25) is 0 Å². The quantitative estimate of drug-likeness (QED) is 0.780. The van der Waals surface area contributed by atoms with Crippen LogP contribution in [0.3, 0.4) is 0 Å². The molecule has 4 rings (SSSR count). The Hall–Kier alpha value is -2.80. The molecule has 0 aliphatic carbocycles. The van der Waals surface area contributed by atoms with E-state index < -0.39 is 5.97 Å². The molecule has 1 amide bonds. The van der Waals surface area contributed by atoms with Gasteiger partial charge in [-0.05, 0) is 37.1 Å². The highest BCUT2D eigenvalue weighted by Crippen LogP contribution is 2.37. The molecule has 2 aromatic heterocycles. The molecule has 1 fully saturated rings. The summed E-state index contributed by atoms with van der Waals surface area (Å²) in [5, 5.41) is 9.87. The number of carboxylic acids is 1. The van der Waals surface area contributed by atoms with Crippen LogP contribution in [0.25, 0.3) is 10.2 Å². The first-order valence-corrected chi connectivity index (χ1v) is 8.81. The zero-order valence-corrected chi connectivity index (χ0v) is 14.1. The lowest BCUT2D eigenvalue weighted by atomic mass is 10.2. The number of pyridine rings is 1. The van der Waals surface area contributed by atoms with Crippen LogP contribution in [0.4, 0.5) is 0 Å². The maximum atomic E-state index is 12.8. The maximum Gasteiger partial charge on any atom is 0.354 e. The Balaban J connectivity index is 1.62. The molecule has 1 N–H and O–H groups in total. The van der Waals surface area contributed by atoms with Crippen molar-refractivity contribution in [1.82, 2.24) is 14.9 Å². The van der Waals surface area contributed by atoms with E-state index in [1.807, 2.05) is 29.2 Å². The third-order valence-corrected chi connectivity index (χ3v) is 5.48. The van der Waals surface area contributed by atoms with Gasteiger partial charge in [-0.2, -0.15) is 0 Å². The minimum atomic E-state index is -1.10. The number of carboxylic acid groups (broad SMARTS) is 1. The van der Waals surface area contributed by atoms with Gasteiger partial charge in [0.1, 0.15) is 10.7 Å². The Morgan fingerprint density at radius 2 is 2.04 bits per heavy atom. The zero-order valence-electron chi connectivity index (χ0n) is 13.3. The van der Waals surface area contributed by atoms with Gasteiger partial charge in [0.05, 0.1) is 21.8 Å². The van der Waals surface area contributed by atoms with Gasteiger partial charge in [-0.25, -0.2) is 14.8 Å². The molecule has 6 nitrogen and oxygen atoms in total. The third kappa shape index (κ3) is 2.87. The number of hydrogen-bond acceptors (Lipinski definition) is 5. The van der Waals surface area contributed by atoms with Crippen LogP contribution in [-0.2, 0) is 0 Å². The van der Waals surface area contributed by atoms with E-state index in [9.17, 15) is 9.59 Å². The first-order valence-electron chi connectivity index (χ1n) is 7.99. The summed E-state index contributed by atoms with van der Waals surface area (Å²) in [4.78, 5) is 34.1. The van der Waals surface area contributed by atoms with Crippen molar-refractivity contribution in [1.29, 1.82) is 0 Å². The molecule has 25 heavy (non-hydrogen) atoms. The van der Waals surface area contributed by atoms with Crippen LogP contribution in [-0.4, -0.2) is 38.4 Å². The Bertz CT molecular complexity index is 919. The number of nitrogens with zero attached hydrogens (tertiary/aromatic N) is 3. The number of thiazole rings is 1. The fraction of sp³-hybridized carbons (Fsp3) is 0.222.